The number of rotatable bonds is 16. The van der Waals surface area contributed by atoms with Crippen LogP contribution >= 0.6 is 0 Å². The van der Waals surface area contributed by atoms with Crippen LogP contribution in [0.25, 0.3) is 0 Å². The van der Waals surface area contributed by atoms with Gasteiger partial charge in [-0.1, -0.05) is 68.2 Å². The van der Waals surface area contributed by atoms with E-state index in [4.69, 9.17) is 31.6 Å². The maximum Gasteiger partial charge on any atom is 0.167 e. The zero-order valence-electron chi connectivity index (χ0n) is 30.4. The van der Waals surface area contributed by atoms with E-state index < -0.39 is 33.2 Å². The predicted octanol–water partition coefficient (Wildman–Crippen LogP) is 10.0. The lowest BCUT2D eigenvalue weighted by atomic mass is 9.95. The molecule has 0 aromatic heterocycles. The van der Waals surface area contributed by atoms with Gasteiger partial charge >= 0.3 is 0 Å². The van der Waals surface area contributed by atoms with E-state index in [1.54, 1.807) is 27.7 Å². The number of azo groups is 3. The number of nitriles is 6. The zero-order chi connectivity index (χ0) is 36.6. The summed E-state index contributed by atoms with van der Waals surface area (Å²) >= 11 is 0. The molecule has 0 heterocycles. The van der Waals surface area contributed by atoms with Gasteiger partial charge in [0, 0.05) is 0 Å². The standard InChI is InChI=1S/2C12H20N4.C10H16N4/c1-5-7-11(3,9-13)15-16-12(4,10-14)8-6-2;1-5-11(6-2,9-13)15-16-12(7-3,8-4)10-14;1-5-9(3,7-11)13-14-10(4,6-2)8-12/h2*5-8H2,1-4H3;5-6H2,1-4H3. The average Bonchev–Trinajstić information content (AvgIpc) is 3.09. The maximum absolute atomic E-state index is 9.10. The molecular formula is C34H56N12. The minimum Gasteiger partial charge on any atom is -0.196 e. The van der Waals surface area contributed by atoms with Crippen molar-refractivity contribution in [3.8, 4) is 36.4 Å². The van der Waals surface area contributed by atoms with E-state index in [1.165, 1.54) is 0 Å². The Morgan fingerprint density at radius 3 is 0.739 bits per heavy atom. The molecular weight excluding hydrogens is 576 g/mol. The van der Waals surface area contributed by atoms with Crippen molar-refractivity contribution >= 4 is 0 Å². The molecule has 4 atom stereocenters. The van der Waals surface area contributed by atoms with Crippen LogP contribution in [0.15, 0.2) is 30.7 Å². The van der Waals surface area contributed by atoms with Crippen molar-refractivity contribution in [2.75, 3.05) is 0 Å². The quantitative estimate of drug-likeness (QED) is 0.150. The third kappa shape index (κ3) is 16.2. The summed E-state index contributed by atoms with van der Waals surface area (Å²) in [5.74, 6) is 0. The molecule has 0 aliphatic heterocycles. The molecule has 0 aliphatic rings. The monoisotopic (exact) mass is 632 g/mol. The fourth-order valence-electron chi connectivity index (χ4n) is 3.35. The normalized spacial score (nSPS) is 16.6. The Morgan fingerprint density at radius 1 is 0.348 bits per heavy atom. The van der Waals surface area contributed by atoms with Crippen LogP contribution in [-0.4, -0.2) is 33.2 Å². The van der Waals surface area contributed by atoms with Gasteiger partial charge in [-0.3, -0.25) is 0 Å². The molecule has 0 saturated carbocycles. The minimum absolute atomic E-state index is 0.595. The summed E-state index contributed by atoms with van der Waals surface area (Å²) in [5, 5.41) is 78.3. The van der Waals surface area contributed by atoms with Crippen LogP contribution in [0.1, 0.15) is 147 Å². The Kier molecular flexibility index (Phi) is 22.4. The highest BCUT2D eigenvalue weighted by Gasteiger charge is 2.30. The van der Waals surface area contributed by atoms with E-state index in [-0.39, 0.29) is 0 Å². The molecule has 0 rings (SSSR count). The fraction of sp³-hybridized carbons (Fsp3) is 0.824. The largest absolute Gasteiger partial charge is 0.196 e. The van der Waals surface area contributed by atoms with Crippen molar-refractivity contribution in [3.05, 3.63) is 0 Å². The molecule has 0 N–H and O–H groups in total. The van der Waals surface area contributed by atoms with E-state index in [2.05, 4.69) is 67.1 Å². The van der Waals surface area contributed by atoms with E-state index in [9.17, 15) is 0 Å². The molecule has 0 spiro atoms. The van der Waals surface area contributed by atoms with Crippen LogP contribution in [0, 0.1) is 68.0 Å². The van der Waals surface area contributed by atoms with Crippen molar-refractivity contribution in [2.24, 2.45) is 30.7 Å². The van der Waals surface area contributed by atoms with Gasteiger partial charge in [0.05, 0.1) is 36.4 Å². The Hall–Kier alpha value is -4.26. The molecule has 46 heavy (non-hydrogen) atoms. The minimum atomic E-state index is -0.798. The van der Waals surface area contributed by atoms with Crippen molar-refractivity contribution in [1.29, 1.82) is 31.6 Å². The van der Waals surface area contributed by atoms with Gasteiger partial charge in [-0.15, -0.1) is 0 Å². The summed E-state index contributed by atoms with van der Waals surface area (Å²) in [5.41, 5.74) is -4.69. The topological polar surface area (TPSA) is 217 Å². The predicted molar refractivity (Wildman–Crippen MR) is 179 cm³/mol. The molecule has 12 heteroatoms. The number of nitrogens with zero attached hydrogens (tertiary/aromatic N) is 12. The molecule has 0 saturated heterocycles. The van der Waals surface area contributed by atoms with Crippen molar-refractivity contribution in [3.63, 3.8) is 0 Å². The van der Waals surface area contributed by atoms with Crippen molar-refractivity contribution in [2.45, 2.75) is 181 Å². The van der Waals surface area contributed by atoms with Crippen LogP contribution in [0.5, 0.6) is 0 Å². The highest BCUT2D eigenvalue weighted by Crippen LogP contribution is 2.26. The Balaban J connectivity index is -0.000000605. The van der Waals surface area contributed by atoms with Gasteiger partial charge in [0.25, 0.3) is 0 Å². The van der Waals surface area contributed by atoms with Crippen molar-refractivity contribution < 1.29 is 0 Å². The molecule has 12 nitrogen and oxygen atoms in total. The molecule has 4 unspecified atom stereocenters. The van der Waals surface area contributed by atoms with E-state index in [0.29, 0.717) is 51.4 Å². The van der Waals surface area contributed by atoms with E-state index >= 15 is 0 Å². The molecule has 0 bridgehead atoms. The number of hydrogen-bond acceptors (Lipinski definition) is 12. The second kappa shape index (κ2) is 22.3. The Bertz CT molecular complexity index is 1140. The SMILES string of the molecule is CCC(C#N)(CC)N=NC(C#N)(CC)CC.CCC(C)(C#N)N=NC(C)(C#N)CC.CCCC(C)(C#N)N=NC(C)(C#N)CCC. The molecule has 252 valence electrons. The molecule has 0 aliphatic carbocycles. The zero-order valence-corrected chi connectivity index (χ0v) is 30.4. The second-order valence-corrected chi connectivity index (χ2v) is 12.1. The summed E-state index contributed by atoms with van der Waals surface area (Å²) in [6, 6.07) is 12.8. The summed E-state index contributed by atoms with van der Waals surface area (Å²) in [6.45, 7) is 22.3. The first-order valence-electron chi connectivity index (χ1n) is 16.3. The van der Waals surface area contributed by atoms with Crippen LogP contribution < -0.4 is 0 Å². The summed E-state index contributed by atoms with van der Waals surface area (Å²) in [7, 11) is 0. The lowest BCUT2D eigenvalue weighted by molar-refractivity contribution is 0.415. The van der Waals surface area contributed by atoms with Gasteiger partial charge in [-0.2, -0.15) is 62.3 Å². The third-order valence-corrected chi connectivity index (χ3v) is 7.99. The highest BCUT2D eigenvalue weighted by atomic mass is 15.2. The average molecular weight is 633 g/mol. The Morgan fingerprint density at radius 2 is 0.587 bits per heavy atom. The smallest absolute Gasteiger partial charge is 0.167 e. The highest BCUT2D eigenvalue weighted by molar-refractivity contribution is 5.10. The Labute approximate surface area is 278 Å². The molecule has 0 aromatic rings. The van der Waals surface area contributed by atoms with Crippen LogP contribution in [0.2, 0.25) is 0 Å². The van der Waals surface area contributed by atoms with Gasteiger partial charge in [-0.05, 0) is 79.1 Å². The summed E-state index contributed by atoms with van der Waals surface area (Å²) < 4.78 is 0. The number of hydrogen-bond donors (Lipinski definition) is 0. The first-order chi connectivity index (χ1) is 21.5. The molecule has 0 amide bonds. The summed E-state index contributed by atoms with van der Waals surface area (Å²) in [4.78, 5) is 0. The van der Waals surface area contributed by atoms with Gasteiger partial charge in [0.1, 0.15) is 0 Å². The first kappa shape index (κ1) is 46.2. The van der Waals surface area contributed by atoms with E-state index in [0.717, 1.165) is 12.8 Å². The lowest BCUT2D eigenvalue weighted by Crippen LogP contribution is -2.26. The van der Waals surface area contributed by atoms with E-state index in [1.807, 2.05) is 55.4 Å². The van der Waals surface area contributed by atoms with Crippen LogP contribution in [-0.2, 0) is 0 Å². The first-order valence-corrected chi connectivity index (χ1v) is 16.3. The van der Waals surface area contributed by atoms with Crippen molar-refractivity contribution in [1.82, 2.24) is 0 Å². The fourth-order valence-corrected chi connectivity index (χ4v) is 3.35. The van der Waals surface area contributed by atoms with Crippen LogP contribution in [0.4, 0.5) is 0 Å². The molecule has 0 radical (unpaired) electrons. The lowest BCUT2D eigenvalue weighted by Gasteiger charge is -2.21. The maximum atomic E-state index is 9.10. The third-order valence-electron chi connectivity index (χ3n) is 7.99. The second-order valence-electron chi connectivity index (χ2n) is 12.1. The molecule has 0 aromatic carbocycles. The van der Waals surface area contributed by atoms with Crippen LogP contribution in [0.3, 0.4) is 0 Å². The summed E-state index contributed by atoms with van der Waals surface area (Å²) in [6.07, 6.45) is 6.77. The van der Waals surface area contributed by atoms with Gasteiger partial charge in [0.2, 0.25) is 0 Å². The van der Waals surface area contributed by atoms with Gasteiger partial charge < -0.3 is 0 Å². The molecule has 0 fully saturated rings. The van der Waals surface area contributed by atoms with Gasteiger partial charge in [0.15, 0.2) is 33.2 Å². The van der Waals surface area contributed by atoms with Gasteiger partial charge in [-0.25, -0.2) is 0 Å².